The Hall–Kier alpha value is -2.45. The van der Waals surface area contributed by atoms with Crippen LogP contribution in [0.3, 0.4) is 0 Å². The van der Waals surface area contributed by atoms with Gasteiger partial charge in [-0.15, -0.1) is 0 Å². The average molecular weight is 484 g/mol. The van der Waals surface area contributed by atoms with E-state index in [4.69, 9.17) is 0 Å². The molecule has 7 nitrogen and oxygen atoms in total. The van der Waals surface area contributed by atoms with Crippen LogP contribution in [0.1, 0.15) is 42.9 Å². The van der Waals surface area contributed by atoms with Gasteiger partial charge in [0.05, 0.1) is 6.26 Å². The molecule has 8 heteroatoms. The molecular weight excluding hydrogens is 450 g/mol. The van der Waals surface area contributed by atoms with E-state index in [0.29, 0.717) is 36.8 Å². The highest BCUT2D eigenvalue weighted by atomic mass is 32.2. The van der Waals surface area contributed by atoms with Crippen LogP contribution < -0.4 is 4.72 Å². The summed E-state index contributed by atoms with van der Waals surface area (Å²) in [5.41, 5.74) is 3.35. The molecule has 0 radical (unpaired) electrons. The lowest BCUT2D eigenvalue weighted by Crippen LogP contribution is -2.40. The fourth-order valence-corrected chi connectivity index (χ4v) is 7.50. The maximum absolute atomic E-state index is 12.0. The number of sulfonamides is 1. The van der Waals surface area contributed by atoms with Gasteiger partial charge in [-0.05, 0) is 60.0 Å². The summed E-state index contributed by atoms with van der Waals surface area (Å²) < 4.78 is 25.9. The smallest absolute Gasteiger partial charge is 0.230 e. The minimum absolute atomic E-state index is 0.0336. The summed E-state index contributed by atoms with van der Waals surface area (Å²) in [6.45, 7) is 5.13. The van der Waals surface area contributed by atoms with Crippen LogP contribution in [0, 0.1) is 22.0 Å². The van der Waals surface area contributed by atoms with Crippen LogP contribution in [-0.4, -0.2) is 49.7 Å². The van der Waals surface area contributed by atoms with Gasteiger partial charge < -0.3 is 4.90 Å². The van der Waals surface area contributed by atoms with Gasteiger partial charge in [0, 0.05) is 48.4 Å². The van der Waals surface area contributed by atoms with Crippen molar-refractivity contribution >= 4 is 15.7 Å². The number of nitrogens with zero attached hydrogens (tertiary/aromatic N) is 2. The zero-order valence-corrected chi connectivity index (χ0v) is 20.7. The molecule has 5 rings (SSSR count). The number of benzene rings is 2. The van der Waals surface area contributed by atoms with Gasteiger partial charge in [0.1, 0.15) is 0 Å². The Morgan fingerprint density at radius 3 is 2.29 bits per heavy atom. The number of likely N-dealkylation sites (tertiary alicyclic amines) is 1. The lowest BCUT2D eigenvalue weighted by atomic mass is 9.87. The molecular formula is C26H33N3O4S. The molecule has 34 heavy (non-hydrogen) atoms. The number of rotatable bonds is 9. The summed E-state index contributed by atoms with van der Waals surface area (Å²) in [5.74, 6) is 1.12. The van der Waals surface area contributed by atoms with E-state index in [-0.39, 0.29) is 10.3 Å². The number of nitrogens with one attached hydrogen (secondary N) is 1. The third kappa shape index (κ3) is 4.01. The number of nitro groups is 1. The Balaban J connectivity index is 1.19. The molecule has 0 bridgehead atoms. The maximum atomic E-state index is 12.0. The van der Waals surface area contributed by atoms with Crippen molar-refractivity contribution in [1.82, 2.24) is 4.90 Å². The maximum Gasteiger partial charge on any atom is 0.230 e. The highest BCUT2D eigenvalue weighted by Crippen LogP contribution is 2.65. The summed E-state index contributed by atoms with van der Waals surface area (Å²) in [6, 6.07) is 15.8. The van der Waals surface area contributed by atoms with Crippen LogP contribution in [0.4, 0.5) is 5.69 Å². The zero-order chi connectivity index (χ0) is 24.1. The topological polar surface area (TPSA) is 92.6 Å². The van der Waals surface area contributed by atoms with E-state index in [9.17, 15) is 18.5 Å². The third-order valence-corrected chi connectivity index (χ3v) is 9.17. The third-order valence-electron chi connectivity index (χ3n) is 8.56. The van der Waals surface area contributed by atoms with E-state index in [0.717, 1.165) is 43.6 Å². The summed E-state index contributed by atoms with van der Waals surface area (Å²) >= 11 is 0. The van der Waals surface area contributed by atoms with E-state index in [1.165, 1.54) is 11.8 Å². The van der Waals surface area contributed by atoms with Crippen LogP contribution in [0.2, 0.25) is 0 Å². The molecule has 2 unspecified atom stereocenters. The van der Waals surface area contributed by atoms with E-state index in [1.807, 2.05) is 36.4 Å². The van der Waals surface area contributed by atoms with Crippen molar-refractivity contribution in [1.29, 1.82) is 0 Å². The largest absolute Gasteiger partial charge is 0.303 e. The number of piperidine rings is 1. The first-order valence-electron chi connectivity index (χ1n) is 12.2. The van der Waals surface area contributed by atoms with Crippen LogP contribution in [0.15, 0.2) is 48.5 Å². The Labute approximate surface area is 201 Å². The van der Waals surface area contributed by atoms with Crippen molar-refractivity contribution in [2.75, 3.05) is 30.6 Å². The summed E-state index contributed by atoms with van der Waals surface area (Å²) in [4.78, 5) is 14.5. The highest BCUT2D eigenvalue weighted by molar-refractivity contribution is 7.92. The van der Waals surface area contributed by atoms with Crippen LogP contribution in [-0.2, 0) is 28.3 Å². The van der Waals surface area contributed by atoms with Crippen molar-refractivity contribution < 1.29 is 13.3 Å². The summed E-state index contributed by atoms with van der Waals surface area (Å²) in [6.07, 6.45) is 4.73. The molecule has 1 aliphatic heterocycles. The van der Waals surface area contributed by atoms with Crippen molar-refractivity contribution in [3.8, 4) is 0 Å². The molecule has 3 aliphatic rings. The molecule has 182 valence electrons. The normalized spacial score (nSPS) is 27.2. The minimum atomic E-state index is -3.31. The minimum Gasteiger partial charge on any atom is -0.303 e. The van der Waals surface area contributed by atoms with Gasteiger partial charge in [-0.2, -0.15) is 0 Å². The molecule has 2 fully saturated rings. The Kier molecular flexibility index (Phi) is 5.72. The van der Waals surface area contributed by atoms with Crippen molar-refractivity contribution in [3.05, 3.63) is 75.3 Å². The number of anilines is 1. The monoisotopic (exact) mass is 483 g/mol. The molecule has 0 aromatic heterocycles. The average Bonchev–Trinajstić information content (AvgIpc) is 3.07. The lowest BCUT2D eigenvalue weighted by Gasteiger charge is -2.27. The van der Waals surface area contributed by atoms with Crippen molar-refractivity contribution in [2.24, 2.45) is 11.8 Å². The van der Waals surface area contributed by atoms with Crippen LogP contribution in [0.5, 0.6) is 0 Å². The highest BCUT2D eigenvalue weighted by Gasteiger charge is 2.67. The number of hydrogen-bond acceptors (Lipinski definition) is 5. The van der Waals surface area contributed by atoms with E-state index in [2.05, 4.69) is 22.6 Å². The lowest BCUT2D eigenvalue weighted by molar-refractivity contribution is -0.569. The van der Waals surface area contributed by atoms with Gasteiger partial charge >= 0.3 is 0 Å². The molecule has 1 N–H and O–H groups in total. The van der Waals surface area contributed by atoms with Crippen LogP contribution >= 0.6 is 0 Å². The molecule has 2 aliphatic carbocycles. The second kappa shape index (κ2) is 8.34. The first-order valence-corrected chi connectivity index (χ1v) is 14.1. The van der Waals surface area contributed by atoms with Gasteiger partial charge in [0.15, 0.2) is 0 Å². The van der Waals surface area contributed by atoms with Crippen LogP contribution in [0.25, 0.3) is 0 Å². The molecule has 1 saturated carbocycles. The second-order valence-electron chi connectivity index (χ2n) is 10.5. The Morgan fingerprint density at radius 2 is 1.74 bits per heavy atom. The second-order valence-corrected chi connectivity index (χ2v) is 12.3. The van der Waals surface area contributed by atoms with Gasteiger partial charge in [-0.25, -0.2) is 8.42 Å². The van der Waals surface area contributed by atoms with E-state index < -0.39 is 15.6 Å². The quantitative estimate of drug-likeness (QED) is 0.432. The molecule has 0 amide bonds. The fourth-order valence-electron chi connectivity index (χ4n) is 6.94. The molecule has 0 spiro atoms. The summed E-state index contributed by atoms with van der Waals surface area (Å²) in [5, 5.41) is 12.0. The van der Waals surface area contributed by atoms with Gasteiger partial charge in [0.25, 0.3) is 0 Å². The van der Waals surface area contributed by atoms with E-state index in [1.54, 1.807) is 6.07 Å². The molecule has 1 heterocycles. The van der Waals surface area contributed by atoms with Gasteiger partial charge in [-0.1, -0.05) is 43.3 Å². The number of fused-ring (bicyclic) bond motifs is 2. The molecule has 2 aromatic rings. The molecule has 2 aromatic carbocycles. The van der Waals surface area contributed by atoms with Gasteiger partial charge in [0.2, 0.25) is 15.6 Å². The zero-order valence-electron chi connectivity index (χ0n) is 19.9. The molecule has 1 saturated heterocycles. The Bertz CT molecular complexity index is 1180. The number of hydrogen-bond donors (Lipinski definition) is 1. The molecule has 2 atom stereocenters. The Morgan fingerprint density at radius 1 is 1.09 bits per heavy atom. The van der Waals surface area contributed by atoms with Crippen molar-refractivity contribution in [2.45, 2.75) is 50.0 Å². The van der Waals surface area contributed by atoms with E-state index >= 15 is 0 Å². The standard InChI is InChI=1S/C26H33N3O4S/c1-3-26(21-10-6-11-22(14-21)27-34(2,32)33)23-17-28(18-24(23)26)13-7-12-25(29(30)31)15-19-8-4-5-9-20(19)16-25/h4-6,8-11,14,23-24,27H,3,7,12-13,15-18H2,1-2H3. The first kappa shape index (κ1) is 23.3. The predicted octanol–water partition coefficient (Wildman–Crippen LogP) is 3.86. The first-order chi connectivity index (χ1) is 16.2. The SMILES string of the molecule is CCC1(c2cccc(NS(C)(=O)=O)c2)C2CN(CCCC3([N+](=O)[O-])Cc4ccccc4C3)CC21. The van der Waals surface area contributed by atoms with Crippen molar-refractivity contribution in [3.63, 3.8) is 0 Å². The van der Waals surface area contributed by atoms with Gasteiger partial charge in [-0.3, -0.25) is 14.8 Å². The summed E-state index contributed by atoms with van der Waals surface area (Å²) in [7, 11) is -3.31. The predicted molar refractivity (Wildman–Crippen MR) is 133 cm³/mol. The fraction of sp³-hybridized carbons (Fsp3) is 0.538.